The second-order valence-corrected chi connectivity index (χ2v) is 21.9. The summed E-state index contributed by atoms with van der Waals surface area (Å²) >= 11 is 0. The Morgan fingerprint density at radius 3 is 1.40 bits per heavy atom. The van der Waals surface area contributed by atoms with E-state index in [1.54, 1.807) is 0 Å². The van der Waals surface area contributed by atoms with Crippen molar-refractivity contribution in [1.82, 2.24) is 9.13 Å². The summed E-state index contributed by atoms with van der Waals surface area (Å²) in [5, 5.41) is 5.07. The molecule has 0 radical (unpaired) electrons. The number of para-hydroxylation sites is 7. The van der Waals surface area contributed by atoms with Crippen LogP contribution in [0.2, 0.25) is 0 Å². The number of nitrogens with zero attached hydrogens (tertiary/aromatic N) is 3. The molecule has 0 amide bonds. The van der Waals surface area contributed by atoms with Crippen LogP contribution in [0.4, 0.5) is 17.1 Å². The highest BCUT2D eigenvalue weighted by atomic mass is 15.1. The zero-order valence-corrected chi connectivity index (χ0v) is 44.8. The van der Waals surface area contributed by atoms with Gasteiger partial charge in [-0.1, -0.05) is 237 Å². The number of anilines is 3. The van der Waals surface area contributed by atoms with Crippen LogP contribution < -0.4 is 4.90 Å². The van der Waals surface area contributed by atoms with Crippen LogP contribution in [-0.4, -0.2) is 9.13 Å². The van der Waals surface area contributed by atoms with Gasteiger partial charge in [0.25, 0.3) is 0 Å². The van der Waals surface area contributed by atoms with E-state index >= 15 is 0 Å². The van der Waals surface area contributed by atoms with Crippen LogP contribution in [0.15, 0.2) is 309 Å². The van der Waals surface area contributed by atoms with E-state index in [-0.39, 0.29) is 0 Å². The van der Waals surface area contributed by atoms with Crippen LogP contribution in [0, 0.1) is 0 Å². The molecule has 3 nitrogen and oxygen atoms in total. The lowest BCUT2D eigenvalue weighted by molar-refractivity contribution is 0.749. The van der Waals surface area contributed by atoms with Gasteiger partial charge in [0, 0.05) is 44.0 Å². The average molecular weight is 1040 g/mol. The fourth-order valence-electron chi connectivity index (χ4n) is 14.3. The zero-order chi connectivity index (χ0) is 53.9. The van der Waals surface area contributed by atoms with E-state index < -0.39 is 5.41 Å². The first kappa shape index (κ1) is 46.2. The molecule has 2 aromatic heterocycles. The first-order chi connectivity index (χ1) is 40.7. The topological polar surface area (TPSA) is 13.1 Å². The number of fused-ring (bicyclic) bond motifs is 15. The van der Waals surface area contributed by atoms with Crippen LogP contribution in [-0.2, 0) is 5.41 Å². The predicted molar refractivity (Wildman–Crippen MR) is 342 cm³/mol. The maximum absolute atomic E-state index is 2.53. The van der Waals surface area contributed by atoms with E-state index in [2.05, 4.69) is 323 Å². The Bertz CT molecular complexity index is 4990. The summed E-state index contributed by atoms with van der Waals surface area (Å²) in [6.45, 7) is 0. The third kappa shape index (κ3) is 6.71. The molecule has 0 saturated carbocycles. The minimum atomic E-state index is -0.578. The molecule has 82 heavy (non-hydrogen) atoms. The van der Waals surface area contributed by atoms with Crippen molar-refractivity contribution in [3.63, 3.8) is 0 Å². The summed E-state index contributed by atoms with van der Waals surface area (Å²) in [5.41, 5.74) is 27.0. The highest BCUT2D eigenvalue weighted by Crippen LogP contribution is 2.62. The Hall–Kier alpha value is -10.7. The molecule has 3 heterocycles. The first-order valence-corrected chi connectivity index (χ1v) is 28.4. The first-order valence-electron chi connectivity index (χ1n) is 28.4. The average Bonchev–Trinajstić information content (AvgIpc) is 3.03. The number of hydrogen-bond donors (Lipinski definition) is 0. The van der Waals surface area contributed by atoms with Crippen LogP contribution in [0.1, 0.15) is 22.3 Å². The molecule has 1 aliphatic carbocycles. The number of aromatic nitrogens is 2. The van der Waals surface area contributed by atoms with E-state index in [4.69, 9.17) is 0 Å². The van der Waals surface area contributed by atoms with Gasteiger partial charge in [-0.15, -0.1) is 0 Å². The van der Waals surface area contributed by atoms with E-state index in [0.29, 0.717) is 0 Å². The van der Waals surface area contributed by atoms with Gasteiger partial charge in [0.2, 0.25) is 0 Å². The molecule has 2 aliphatic rings. The molecule has 17 rings (SSSR count). The lowest BCUT2D eigenvalue weighted by Gasteiger charge is -2.39. The van der Waals surface area contributed by atoms with Gasteiger partial charge in [0.15, 0.2) is 0 Å². The Kier molecular flexibility index (Phi) is 10.2. The van der Waals surface area contributed by atoms with Crippen molar-refractivity contribution in [3.05, 3.63) is 332 Å². The van der Waals surface area contributed by atoms with Gasteiger partial charge < -0.3 is 14.0 Å². The van der Waals surface area contributed by atoms with Crippen molar-refractivity contribution in [2.45, 2.75) is 5.41 Å². The smallest absolute Gasteiger partial charge is 0.0754 e. The van der Waals surface area contributed by atoms with Crippen LogP contribution >= 0.6 is 0 Å². The van der Waals surface area contributed by atoms with Crippen LogP contribution in [0.25, 0.3) is 111 Å². The van der Waals surface area contributed by atoms with Crippen LogP contribution in [0.3, 0.4) is 0 Å². The third-order valence-corrected chi connectivity index (χ3v) is 17.7. The van der Waals surface area contributed by atoms with Crippen molar-refractivity contribution in [2.75, 3.05) is 4.90 Å². The Morgan fingerprint density at radius 1 is 0.256 bits per heavy atom. The molecule has 1 atom stereocenters. The fraction of sp³-hybridized carbons (Fsp3) is 0.0127. The molecule has 15 aromatic rings. The molecule has 0 N–H and O–H groups in total. The maximum atomic E-state index is 2.53. The largest absolute Gasteiger partial charge is 0.309 e. The molecule has 1 unspecified atom stereocenters. The summed E-state index contributed by atoms with van der Waals surface area (Å²) < 4.78 is 4.91. The van der Waals surface area contributed by atoms with E-state index in [1.807, 2.05) is 0 Å². The van der Waals surface area contributed by atoms with E-state index in [1.165, 1.54) is 93.8 Å². The highest BCUT2D eigenvalue weighted by molar-refractivity contribution is 6.13. The van der Waals surface area contributed by atoms with Gasteiger partial charge in [0.05, 0.1) is 44.5 Å². The van der Waals surface area contributed by atoms with Crippen LogP contribution in [0.5, 0.6) is 0 Å². The summed E-state index contributed by atoms with van der Waals surface area (Å²) in [4.78, 5) is 2.49. The third-order valence-electron chi connectivity index (χ3n) is 17.7. The van der Waals surface area contributed by atoms with Crippen molar-refractivity contribution in [1.29, 1.82) is 0 Å². The van der Waals surface area contributed by atoms with Gasteiger partial charge in [-0.05, 0) is 140 Å². The number of rotatable bonds is 8. The monoisotopic (exact) mass is 1040 g/mol. The lowest BCUT2D eigenvalue weighted by atomic mass is 9.65. The molecule has 0 saturated heterocycles. The lowest BCUT2D eigenvalue weighted by Crippen LogP contribution is -2.33. The fourth-order valence-corrected chi connectivity index (χ4v) is 14.3. The normalized spacial score (nSPS) is 13.9. The zero-order valence-electron chi connectivity index (χ0n) is 44.8. The second kappa shape index (κ2) is 18.2. The molecule has 1 aliphatic heterocycles. The Labute approximate surface area is 476 Å². The minimum Gasteiger partial charge on any atom is -0.309 e. The van der Waals surface area contributed by atoms with Gasteiger partial charge >= 0.3 is 0 Å². The van der Waals surface area contributed by atoms with E-state index in [9.17, 15) is 0 Å². The quantitative estimate of drug-likeness (QED) is 0.148. The maximum Gasteiger partial charge on any atom is 0.0754 e. The molecular weight excluding hydrogens is 991 g/mol. The number of benzene rings is 13. The van der Waals surface area contributed by atoms with Crippen molar-refractivity contribution < 1.29 is 0 Å². The molecule has 1 spiro atoms. The van der Waals surface area contributed by atoms with Gasteiger partial charge in [0.1, 0.15) is 0 Å². The standard InChI is InChI=1S/C79H51N3/c1-2-20-52(21-3-1)55-22-18-23-56(50-55)60-24-5-12-34-72(60)80(58-45-40-53(41-46-58)54-42-47-59(48-43-54)81-74-36-14-7-27-64(74)65-28-8-15-37-75(65)81)73-35-13-6-25-61(73)57-44-49-63-62-26-4-10-31-68(62)79(71(63)51-57)69-32-11-17-39-77(69)82-76-38-16-9-29-66(76)67-30-19-33-70(79)78(67)82/h1-51H. The van der Waals surface area contributed by atoms with Crippen molar-refractivity contribution in [3.8, 4) is 67.0 Å². The molecule has 3 heteroatoms. The molecule has 0 fully saturated rings. The minimum absolute atomic E-state index is 0.578. The van der Waals surface area contributed by atoms with Gasteiger partial charge in [-0.2, -0.15) is 0 Å². The Morgan fingerprint density at radius 2 is 0.707 bits per heavy atom. The molecule has 382 valence electrons. The van der Waals surface area contributed by atoms with Gasteiger partial charge in [-0.25, -0.2) is 0 Å². The molecule has 0 bridgehead atoms. The summed E-state index contributed by atoms with van der Waals surface area (Å²) in [7, 11) is 0. The number of hydrogen-bond acceptors (Lipinski definition) is 1. The SMILES string of the molecule is c1ccc(-c2cccc(-c3ccccc3N(c3ccc(-c4ccc(-n5c6ccccc6c6ccccc65)cc4)cc3)c3ccccc3-c3ccc4c(c3)C3(c5ccccc5-4)c4ccccc4-n4c5ccccc5c5cccc3c54)c2)cc1. The van der Waals surface area contributed by atoms with Gasteiger partial charge in [-0.3, -0.25) is 0 Å². The molecule has 13 aromatic carbocycles. The summed E-state index contributed by atoms with van der Waals surface area (Å²) in [6, 6.07) is 115. The van der Waals surface area contributed by atoms with E-state index in [0.717, 1.165) is 56.1 Å². The molecular formula is C79H51N3. The Balaban J connectivity index is 0.842. The second-order valence-electron chi connectivity index (χ2n) is 21.9. The highest BCUT2D eigenvalue weighted by Gasteiger charge is 2.51. The predicted octanol–water partition coefficient (Wildman–Crippen LogP) is 20.7. The summed E-state index contributed by atoms with van der Waals surface area (Å²) in [5.74, 6) is 0. The summed E-state index contributed by atoms with van der Waals surface area (Å²) in [6.07, 6.45) is 0. The van der Waals surface area contributed by atoms with Crippen molar-refractivity contribution in [2.24, 2.45) is 0 Å². The van der Waals surface area contributed by atoms with Crippen molar-refractivity contribution >= 4 is 60.7 Å².